The smallest absolute Gasteiger partial charge is 0.226 e. The molecule has 0 spiro atoms. The summed E-state index contributed by atoms with van der Waals surface area (Å²) in [5.74, 6) is 2.30. The Hall–Kier alpha value is -2.52. The Balaban J connectivity index is 1.28. The van der Waals surface area contributed by atoms with Crippen LogP contribution in [-0.4, -0.2) is 31.1 Å². The van der Waals surface area contributed by atoms with Gasteiger partial charge in [0.1, 0.15) is 5.82 Å². The number of nitrogens with zero attached hydrogens (tertiary/aromatic N) is 4. The van der Waals surface area contributed by atoms with E-state index in [9.17, 15) is 4.39 Å². The monoisotopic (exact) mass is 401 g/mol. The second-order valence-corrected chi connectivity index (χ2v) is 7.88. The van der Waals surface area contributed by atoms with Crippen LogP contribution in [0.25, 0.3) is 22.1 Å². The van der Waals surface area contributed by atoms with Crippen molar-refractivity contribution in [2.75, 3.05) is 5.75 Å². The molecule has 4 rings (SSSR count). The van der Waals surface area contributed by atoms with E-state index in [1.54, 1.807) is 42.2 Å². The first-order valence-electron chi connectivity index (χ1n) is 8.37. The molecule has 1 aromatic carbocycles. The number of nitrogens with one attached hydrogen (secondary N) is 1. The average Bonchev–Trinajstić information content (AvgIpc) is 3.42. The predicted octanol–water partition coefficient (Wildman–Crippen LogP) is 4.76. The van der Waals surface area contributed by atoms with Gasteiger partial charge < -0.3 is 4.52 Å². The maximum atomic E-state index is 13.7. The van der Waals surface area contributed by atoms with Gasteiger partial charge in [-0.05, 0) is 36.4 Å². The third-order valence-corrected chi connectivity index (χ3v) is 5.69. The molecule has 0 atom stereocenters. The summed E-state index contributed by atoms with van der Waals surface area (Å²) in [5.41, 5.74) is 1.21. The van der Waals surface area contributed by atoms with Crippen LogP contribution in [0, 0.1) is 12.7 Å². The molecule has 27 heavy (non-hydrogen) atoms. The average molecular weight is 401 g/mol. The quantitative estimate of drug-likeness (QED) is 0.355. The third-order valence-electron chi connectivity index (χ3n) is 3.88. The van der Waals surface area contributed by atoms with E-state index < -0.39 is 0 Å². The Bertz CT molecular complexity index is 1030. The number of halogens is 1. The molecule has 0 bridgehead atoms. The Morgan fingerprint density at radius 1 is 1.26 bits per heavy atom. The maximum absolute atomic E-state index is 13.7. The van der Waals surface area contributed by atoms with Gasteiger partial charge in [-0.25, -0.2) is 9.37 Å². The van der Waals surface area contributed by atoms with E-state index in [0.717, 1.165) is 28.0 Å². The van der Waals surface area contributed by atoms with Crippen LogP contribution in [-0.2, 0) is 6.42 Å². The van der Waals surface area contributed by atoms with Crippen molar-refractivity contribution in [2.24, 2.45) is 0 Å². The number of aromatic nitrogens is 5. The second kappa shape index (κ2) is 8.01. The highest BCUT2D eigenvalue weighted by atomic mass is 32.2. The number of benzene rings is 1. The number of thiophene rings is 1. The maximum Gasteiger partial charge on any atom is 0.226 e. The minimum Gasteiger partial charge on any atom is -0.339 e. The summed E-state index contributed by atoms with van der Waals surface area (Å²) in [5, 5.41) is 13.8. The van der Waals surface area contributed by atoms with Crippen molar-refractivity contribution in [3.05, 3.63) is 53.0 Å². The highest BCUT2D eigenvalue weighted by Crippen LogP contribution is 2.24. The van der Waals surface area contributed by atoms with E-state index >= 15 is 0 Å². The lowest BCUT2D eigenvalue weighted by Crippen LogP contribution is -1.90. The summed E-state index contributed by atoms with van der Waals surface area (Å²) >= 11 is 3.20. The molecule has 0 radical (unpaired) electrons. The first-order valence-corrected chi connectivity index (χ1v) is 10.2. The largest absolute Gasteiger partial charge is 0.339 e. The van der Waals surface area contributed by atoms with E-state index in [2.05, 4.69) is 25.3 Å². The molecule has 0 saturated carbocycles. The van der Waals surface area contributed by atoms with E-state index in [4.69, 9.17) is 4.52 Å². The Labute approximate surface area is 163 Å². The van der Waals surface area contributed by atoms with Gasteiger partial charge in [0, 0.05) is 17.7 Å². The van der Waals surface area contributed by atoms with Crippen molar-refractivity contribution in [1.29, 1.82) is 0 Å². The van der Waals surface area contributed by atoms with Gasteiger partial charge in [0.25, 0.3) is 0 Å². The van der Waals surface area contributed by atoms with Gasteiger partial charge in [-0.3, -0.25) is 5.10 Å². The normalized spacial score (nSPS) is 11.2. The molecule has 4 aromatic rings. The zero-order chi connectivity index (χ0) is 18.6. The van der Waals surface area contributed by atoms with Crippen LogP contribution in [0.4, 0.5) is 4.39 Å². The van der Waals surface area contributed by atoms with E-state index in [1.165, 1.54) is 6.07 Å². The zero-order valence-electron chi connectivity index (χ0n) is 14.5. The SMILES string of the molecule is Cc1ccc(-c2noc(CCCSc3n[nH]c(-c4cccs4)n3)n2)cc1F. The Kier molecular flexibility index (Phi) is 5.30. The van der Waals surface area contributed by atoms with Crippen molar-refractivity contribution < 1.29 is 8.91 Å². The summed E-state index contributed by atoms with van der Waals surface area (Å²) in [6, 6.07) is 8.91. The number of aryl methyl sites for hydroxylation is 2. The van der Waals surface area contributed by atoms with Crippen molar-refractivity contribution in [2.45, 2.75) is 24.9 Å². The van der Waals surface area contributed by atoms with Crippen molar-refractivity contribution in [3.8, 4) is 22.1 Å². The van der Waals surface area contributed by atoms with Crippen LogP contribution in [0.5, 0.6) is 0 Å². The fourth-order valence-electron chi connectivity index (χ4n) is 2.43. The highest BCUT2D eigenvalue weighted by molar-refractivity contribution is 7.99. The summed E-state index contributed by atoms with van der Waals surface area (Å²) in [4.78, 5) is 9.89. The Morgan fingerprint density at radius 2 is 2.19 bits per heavy atom. The summed E-state index contributed by atoms with van der Waals surface area (Å²) in [7, 11) is 0. The number of aromatic amines is 1. The molecular weight excluding hydrogens is 385 g/mol. The van der Waals surface area contributed by atoms with Crippen molar-refractivity contribution in [3.63, 3.8) is 0 Å². The van der Waals surface area contributed by atoms with Gasteiger partial charge in [0.15, 0.2) is 5.82 Å². The summed E-state index contributed by atoms with van der Waals surface area (Å²) < 4.78 is 18.9. The van der Waals surface area contributed by atoms with E-state index in [0.29, 0.717) is 29.3 Å². The molecule has 3 heterocycles. The second-order valence-electron chi connectivity index (χ2n) is 5.87. The number of H-pyrrole nitrogens is 1. The van der Waals surface area contributed by atoms with Crippen LogP contribution in [0.2, 0.25) is 0 Å². The van der Waals surface area contributed by atoms with Crippen LogP contribution >= 0.6 is 23.1 Å². The lowest BCUT2D eigenvalue weighted by Gasteiger charge is -1.97. The standard InChI is InChI=1S/C18H16FN5OS2/c1-11-6-7-12(10-13(11)19)16-20-15(25-24-16)5-3-9-27-18-21-17(22-23-18)14-4-2-8-26-14/h2,4,6-8,10H,3,5,9H2,1H3,(H,21,22,23). The number of rotatable bonds is 7. The molecule has 1 N–H and O–H groups in total. The molecule has 9 heteroatoms. The minimum absolute atomic E-state index is 0.274. The molecule has 0 amide bonds. The fraction of sp³-hybridized carbons (Fsp3) is 0.222. The lowest BCUT2D eigenvalue weighted by atomic mass is 10.1. The molecule has 0 aliphatic heterocycles. The van der Waals surface area contributed by atoms with Gasteiger partial charge in [0.2, 0.25) is 16.9 Å². The summed E-state index contributed by atoms with van der Waals surface area (Å²) in [6.45, 7) is 1.72. The molecule has 0 fully saturated rings. The van der Waals surface area contributed by atoms with Crippen molar-refractivity contribution >= 4 is 23.1 Å². The van der Waals surface area contributed by atoms with Crippen LogP contribution in [0.1, 0.15) is 17.9 Å². The number of thioether (sulfide) groups is 1. The van der Waals surface area contributed by atoms with E-state index in [1.807, 2.05) is 17.5 Å². The summed E-state index contributed by atoms with van der Waals surface area (Å²) in [6.07, 6.45) is 1.49. The van der Waals surface area contributed by atoms with Crippen molar-refractivity contribution in [1.82, 2.24) is 25.3 Å². The molecule has 0 unspecified atom stereocenters. The first kappa shape index (κ1) is 17.9. The minimum atomic E-state index is -0.274. The van der Waals surface area contributed by atoms with Gasteiger partial charge in [-0.15, -0.1) is 16.4 Å². The van der Waals surface area contributed by atoms with Gasteiger partial charge in [-0.2, -0.15) is 4.98 Å². The molecule has 3 aromatic heterocycles. The molecular formula is C18H16FN5OS2. The predicted molar refractivity (Wildman–Crippen MR) is 103 cm³/mol. The van der Waals surface area contributed by atoms with E-state index in [-0.39, 0.29) is 5.82 Å². The van der Waals surface area contributed by atoms with Crippen LogP contribution in [0.15, 0.2) is 45.4 Å². The molecule has 138 valence electrons. The van der Waals surface area contributed by atoms with Crippen LogP contribution in [0.3, 0.4) is 0 Å². The van der Waals surface area contributed by atoms with Gasteiger partial charge in [0.05, 0.1) is 4.88 Å². The van der Waals surface area contributed by atoms with Crippen LogP contribution < -0.4 is 0 Å². The third kappa shape index (κ3) is 4.25. The highest BCUT2D eigenvalue weighted by Gasteiger charge is 2.11. The molecule has 6 nitrogen and oxygen atoms in total. The molecule has 0 saturated heterocycles. The topological polar surface area (TPSA) is 80.5 Å². The molecule has 0 aliphatic carbocycles. The molecule has 0 aliphatic rings. The lowest BCUT2D eigenvalue weighted by molar-refractivity contribution is 0.378. The van der Waals surface area contributed by atoms with Gasteiger partial charge >= 0.3 is 0 Å². The zero-order valence-corrected chi connectivity index (χ0v) is 16.1. The first-order chi connectivity index (χ1) is 13.2. The number of hydrogen-bond acceptors (Lipinski definition) is 7. The Morgan fingerprint density at radius 3 is 3.00 bits per heavy atom. The van der Waals surface area contributed by atoms with Gasteiger partial charge in [-0.1, -0.05) is 35.1 Å². The fourth-order valence-corrected chi connectivity index (χ4v) is 3.83. The number of hydrogen-bond donors (Lipinski definition) is 1.